The lowest BCUT2D eigenvalue weighted by molar-refractivity contribution is -0.131. The molecule has 1 rings (SSSR count). The molecule has 0 spiro atoms. The van der Waals surface area contributed by atoms with Gasteiger partial charge in [0.05, 0.1) is 0 Å². The fourth-order valence-corrected chi connectivity index (χ4v) is 4.94. The SMILES string of the molecule is C=C(NC)C(CC(C)C)C(C)C.CC.CCC.CCCN(CCC(C)C(C)Cc1ccccc1)C(=O)CCCC(C)CC.CO.NC=O.NC=O. The van der Waals surface area contributed by atoms with Crippen molar-refractivity contribution in [2.75, 3.05) is 27.2 Å². The summed E-state index contributed by atoms with van der Waals surface area (Å²) in [6, 6.07) is 10.7. The monoisotopic (exact) mass is 725 g/mol. The van der Waals surface area contributed by atoms with Crippen molar-refractivity contribution in [2.24, 2.45) is 47.0 Å². The molecule has 0 bridgehead atoms. The molecule has 0 aliphatic rings. The number of nitrogens with two attached hydrogens (primary N) is 2. The van der Waals surface area contributed by atoms with Crippen LogP contribution in [0.25, 0.3) is 0 Å². The van der Waals surface area contributed by atoms with Crippen LogP contribution in [0.1, 0.15) is 147 Å². The number of rotatable bonds is 18. The van der Waals surface area contributed by atoms with Gasteiger partial charge in [-0.1, -0.05) is 146 Å². The Bertz CT molecular complexity index is 844. The van der Waals surface area contributed by atoms with Gasteiger partial charge in [0.15, 0.2) is 0 Å². The third kappa shape index (κ3) is 43.2. The molecule has 6 N–H and O–H groups in total. The summed E-state index contributed by atoms with van der Waals surface area (Å²) in [6.45, 7) is 34.5. The third-order valence-electron chi connectivity index (χ3n) is 8.16. The number of nitrogens with zero attached hydrogens (tertiary/aromatic N) is 1. The lowest BCUT2D eigenvalue weighted by Crippen LogP contribution is -2.34. The number of nitrogens with one attached hydrogen (secondary N) is 1. The Balaban J connectivity index is -0.000000167. The van der Waals surface area contributed by atoms with Crippen LogP contribution >= 0.6 is 0 Å². The number of amides is 3. The minimum absolute atomic E-state index is 0.250. The summed E-state index contributed by atoms with van der Waals surface area (Å²) in [7, 11) is 2.96. The van der Waals surface area contributed by atoms with Crippen molar-refractivity contribution < 1.29 is 19.5 Å². The van der Waals surface area contributed by atoms with Crippen molar-refractivity contribution in [3.63, 3.8) is 0 Å². The Morgan fingerprint density at radius 2 is 1.33 bits per heavy atom. The van der Waals surface area contributed by atoms with Gasteiger partial charge in [-0.05, 0) is 67.3 Å². The number of aliphatic hydroxyl groups excluding tert-OH is 1. The average molecular weight is 725 g/mol. The van der Waals surface area contributed by atoms with E-state index in [-0.39, 0.29) is 12.8 Å². The van der Waals surface area contributed by atoms with E-state index in [2.05, 4.69) is 135 Å². The largest absolute Gasteiger partial charge is 0.400 e. The first-order valence-corrected chi connectivity index (χ1v) is 19.6. The average Bonchev–Trinajstić information content (AvgIpc) is 3.11. The molecular weight excluding hydrogens is 636 g/mol. The van der Waals surface area contributed by atoms with Crippen LogP contribution < -0.4 is 16.8 Å². The van der Waals surface area contributed by atoms with Gasteiger partial charge in [0, 0.05) is 45.3 Å². The molecule has 51 heavy (non-hydrogen) atoms. The van der Waals surface area contributed by atoms with Crippen LogP contribution in [0, 0.1) is 35.5 Å². The van der Waals surface area contributed by atoms with Crippen molar-refractivity contribution in [1.29, 1.82) is 0 Å². The van der Waals surface area contributed by atoms with Gasteiger partial charge >= 0.3 is 0 Å². The first-order chi connectivity index (χ1) is 24.2. The van der Waals surface area contributed by atoms with Crippen LogP contribution in [0.3, 0.4) is 0 Å². The van der Waals surface area contributed by atoms with E-state index in [1.807, 2.05) is 20.9 Å². The van der Waals surface area contributed by atoms with E-state index >= 15 is 0 Å². The zero-order chi connectivity index (χ0) is 41.2. The standard InChI is InChI=1S/C24H41NO.C11H23N.C3H8.C2H6.2CH3NO.CH4O/c1-6-17-25(24(26)15-11-12-20(3)7-2)18-16-21(4)22(5)19-23-13-9-8-10-14-23;1-8(2)7-11(9(3)4)10(5)12-6;1-3-2;1-2;2*2-1-3;1-2/h8-10,13-14,20-22H,6-7,11-12,15-19H2,1-5H3;8-9,11-12H,5,7H2,1-4,6H3;3H2,1-2H3;1-2H3;2*1H,(H2,2,3);2H,1H3. The Hall–Kier alpha value is -2.87. The number of benzene rings is 1. The summed E-state index contributed by atoms with van der Waals surface area (Å²) in [6.07, 6.45) is 10.4. The molecule has 1 aromatic rings. The second-order valence-corrected chi connectivity index (χ2v) is 13.5. The molecule has 0 fully saturated rings. The van der Waals surface area contributed by atoms with E-state index in [0.717, 1.165) is 64.1 Å². The van der Waals surface area contributed by atoms with Crippen molar-refractivity contribution in [1.82, 2.24) is 10.2 Å². The van der Waals surface area contributed by atoms with Gasteiger partial charge in [0.1, 0.15) is 0 Å². The number of allylic oxidation sites excluding steroid dienone is 1. The Morgan fingerprint density at radius 3 is 1.71 bits per heavy atom. The van der Waals surface area contributed by atoms with Crippen LogP contribution in [0.5, 0.6) is 0 Å². The maximum absolute atomic E-state index is 12.6. The van der Waals surface area contributed by atoms with Gasteiger partial charge < -0.3 is 26.8 Å². The molecule has 0 aromatic heterocycles. The highest BCUT2D eigenvalue weighted by Gasteiger charge is 2.18. The van der Waals surface area contributed by atoms with E-state index in [4.69, 9.17) is 14.7 Å². The maximum atomic E-state index is 12.6. The van der Waals surface area contributed by atoms with Crippen molar-refractivity contribution in [3.8, 4) is 0 Å². The molecule has 0 heterocycles. The molecule has 0 aliphatic carbocycles. The second kappa shape index (κ2) is 47.1. The van der Waals surface area contributed by atoms with E-state index in [0.29, 0.717) is 29.6 Å². The van der Waals surface area contributed by atoms with Gasteiger partial charge in [-0.25, -0.2) is 0 Å². The highest BCUT2D eigenvalue weighted by Crippen LogP contribution is 2.25. The van der Waals surface area contributed by atoms with Crippen LogP contribution in [0.4, 0.5) is 0 Å². The maximum Gasteiger partial charge on any atom is 0.222 e. The normalized spacial score (nSPS) is 11.7. The number of hydrogen-bond acceptors (Lipinski definition) is 5. The minimum Gasteiger partial charge on any atom is -0.400 e. The number of aliphatic hydroxyl groups is 1. The Kier molecular flexibility index (Phi) is 55.7. The van der Waals surface area contributed by atoms with Gasteiger partial charge in [0.25, 0.3) is 0 Å². The van der Waals surface area contributed by atoms with E-state index < -0.39 is 0 Å². The summed E-state index contributed by atoms with van der Waals surface area (Å²) in [5, 5.41) is 10.2. The predicted octanol–water partition coefficient (Wildman–Crippen LogP) is 9.64. The molecule has 304 valence electrons. The summed E-state index contributed by atoms with van der Waals surface area (Å²) in [5.74, 6) is 4.42. The molecular formula is C43H88N4O4. The fraction of sp³-hybridized carbons (Fsp3) is 0.744. The fourth-order valence-electron chi connectivity index (χ4n) is 4.94. The Labute approximate surface area is 318 Å². The Morgan fingerprint density at radius 1 is 0.863 bits per heavy atom. The molecule has 4 unspecified atom stereocenters. The smallest absolute Gasteiger partial charge is 0.222 e. The quantitative estimate of drug-likeness (QED) is 0.112. The first-order valence-electron chi connectivity index (χ1n) is 19.6. The zero-order valence-corrected chi connectivity index (χ0v) is 36.3. The van der Waals surface area contributed by atoms with Crippen LogP contribution in [-0.4, -0.2) is 56.0 Å². The predicted molar refractivity (Wildman–Crippen MR) is 225 cm³/mol. The first kappa shape index (κ1) is 60.2. The molecule has 4 atom stereocenters. The number of carbonyl (C=O) groups is 3. The molecule has 0 saturated carbocycles. The molecule has 0 aliphatic heterocycles. The summed E-state index contributed by atoms with van der Waals surface area (Å²) in [4.78, 5) is 31.9. The highest BCUT2D eigenvalue weighted by atomic mass is 16.2. The molecule has 0 saturated heterocycles. The number of carbonyl (C=O) groups excluding carboxylic acids is 3. The van der Waals surface area contributed by atoms with E-state index in [9.17, 15) is 4.79 Å². The summed E-state index contributed by atoms with van der Waals surface area (Å²) < 4.78 is 0. The lowest BCUT2D eigenvalue weighted by Gasteiger charge is -2.26. The van der Waals surface area contributed by atoms with Crippen molar-refractivity contribution >= 4 is 18.7 Å². The van der Waals surface area contributed by atoms with Gasteiger partial charge in [-0.2, -0.15) is 0 Å². The van der Waals surface area contributed by atoms with Crippen molar-refractivity contribution in [2.45, 2.75) is 148 Å². The number of hydrogen-bond donors (Lipinski definition) is 4. The second-order valence-electron chi connectivity index (χ2n) is 13.5. The highest BCUT2D eigenvalue weighted by molar-refractivity contribution is 5.76. The van der Waals surface area contributed by atoms with E-state index in [1.54, 1.807) is 0 Å². The lowest BCUT2D eigenvalue weighted by atomic mass is 9.85. The summed E-state index contributed by atoms with van der Waals surface area (Å²) >= 11 is 0. The minimum atomic E-state index is 0.250. The van der Waals surface area contributed by atoms with E-state index in [1.165, 1.54) is 36.9 Å². The van der Waals surface area contributed by atoms with Crippen LogP contribution in [0.15, 0.2) is 42.6 Å². The van der Waals surface area contributed by atoms with Crippen LogP contribution in [0.2, 0.25) is 0 Å². The van der Waals surface area contributed by atoms with Gasteiger partial charge in [-0.3, -0.25) is 14.4 Å². The van der Waals surface area contributed by atoms with Gasteiger partial charge in [-0.15, -0.1) is 0 Å². The molecule has 8 nitrogen and oxygen atoms in total. The molecule has 8 heteroatoms. The topological polar surface area (TPSA) is 139 Å². The molecule has 0 radical (unpaired) electrons. The summed E-state index contributed by atoms with van der Waals surface area (Å²) in [5.41, 5.74) is 10.9. The number of primary amides is 2. The van der Waals surface area contributed by atoms with Gasteiger partial charge in [0.2, 0.25) is 18.7 Å². The third-order valence-corrected chi connectivity index (χ3v) is 8.16. The van der Waals surface area contributed by atoms with Crippen molar-refractivity contribution in [3.05, 3.63) is 48.2 Å². The molecule has 1 aromatic carbocycles. The van der Waals surface area contributed by atoms with Crippen LogP contribution in [-0.2, 0) is 20.8 Å². The molecule has 3 amide bonds. The zero-order valence-electron chi connectivity index (χ0n) is 36.3.